The Morgan fingerprint density at radius 1 is 1.47 bits per heavy atom. The molecule has 2 unspecified atom stereocenters. The Balaban J connectivity index is 3.88. The fraction of sp³-hybridized carbons (Fsp3) is 0.909. The lowest BCUT2D eigenvalue weighted by molar-refractivity contribution is -0.122. The molecule has 0 aliphatic carbocycles. The SMILES string of the molecule is CCCC(C)(O)CNC(C)C(=O)NCC. The van der Waals surface area contributed by atoms with Crippen molar-refractivity contribution in [1.29, 1.82) is 0 Å². The lowest BCUT2D eigenvalue weighted by Gasteiger charge is -2.25. The number of nitrogens with one attached hydrogen (secondary N) is 2. The smallest absolute Gasteiger partial charge is 0.236 e. The standard InChI is InChI=1S/C11H24N2O2/c1-5-7-11(4,15)8-13-9(3)10(14)12-6-2/h9,13,15H,5-8H2,1-4H3,(H,12,14). The number of carbonyl (C=O) groups is 1. The summed E-state index contributed by atoms with van der Waals surface area (Å²) in [5.74, 6) is -0.0233. The molecule has 0 aromatic rings. The Morgan fingerprint density at radius 2 is 2.07 bits per heavy atom. The maximum Gasteiger partial charge on any atom is 0.236 e. The van der Waals surface area contributed by atoms with Crippen LogP contribution < -0.4 is 10.6 Å². The van der Waals surface area contributed by atoms with E-state index in [2.05, 4.69) is 10.6 Å². The van der Waals surface area contributed by atoms with Crippen LogP contribution in [-0.4, -0.2) is 35.7 Å². The third kappa shape index (κ3) is 6.47. The van der Waals surface area contributed by atoms with Gasteiger partial charge < -0.3 is 15.7 Å². The van der Waals surface area contributed by atoms with Gasteiger partial charge in [0.05, 0.1) is 11.6 Å². The van der Waals surface area contributed by atoms with Gasteiger partial charge in [0.2, 0.25) is 5.91 Å². The van der Waals surface area contributed by atoms with Gasteiger partial charge in [-0.1, -0.05) is 13.3 Å². The number of aliphatic hydroxyl groups is 1. The summed E-state index contributed by atoms with van der Waals surface area (Å²) in [4.78, 5) is 11.4. The van der Waals surface area contributed by atoms with Gasteiger partial charge in [-0.15, -0.1) is 0 Å². The van der Waals surface area contributed by atoms with Crippen molar-refractivity contribution in [3.05, 3.63) is 0 Å². The van der Waals surface area contributed by atoms with Crippen molar-refractivity contribution in [2.24, 2.45) is 0 Å². The van der Waals surface area contributed by atoms with Gasteiger partial charge in [-0.25, -0.2) is 0 Å². The molecule has 0 saturated heterocycles. The number of amides is 1. The molecule has 1 amide bonds. The van der Waals surface area contributed by atoms with E-state index in [1.807, 2.05) is 13.8 Å². The molecule has 0 aliphatic heterocycles. The largest absolute Gasteiger partial charge is 0.389 e. The molecular formula is C11H24N2O2. The summed E-state index contributed by atoms with van der Waals surface area (Å²) >= 11 is 0. The van der Waals surface area contributed by atoms with Gasteiger partial charge in [0.15, 0.2) is 0 Å². The Morgan fingerprint density at radius 3 is 2.53 bits per heavy atom. The summed E-state index contributed by atoms with van der Waals surface area (Å²) in [6.07, 6.45) is 1.67. The summed E-state index contributed by atoms with van der Waals surface area (Å²) in [6, 6.07) is -0.256. The second kappa shape index (κ2) is 6.80. The molecule has 0 aliphatic rings. The van der Waals surface area contributed by atoms with Crippen LogP contribution in [0.3, 0.4) is 0 Å². The predicted octanol–water partition coefficient (Wildman–Crippen LogP) is 0.652. The third-order valence-corrected chi connectivity index (χ3v) is 2.32. The summed E-state index contributed by atoms with van der Waals surface area (Å²) < 4.78 is 0. The maximum absolute atomic E-state index is 11.4. The first-order valence-electron chi connectivity index (χ1n) is 5.66. The van der Waals surface area contributed by atoms with Crippen LogP contribution in [0.4, 0.5) is 0 Å². The molecule has 2 atom stereocenters. The van der Waals surface area contributed by atoms with E-state index >= 15 is 0 Å². The van der Waals surface area contributed by atoms with Crippen molar-refractivity contribution in [3.63, 3.8) is 0 Å². The molecule has 4 heteroatoms. The van der Waals surface area contributed by atoms with Gasteiger partial charge in [-0.2, -0.15) is 0 Å². The van der Waals surface area contributed by atoms with Crippen molar-refractivity contribution in [3.8, 4) is 0 Å². The summed E-state index contributed by atoms with van der Waals surface area (Å²) in [6.45, 7) is 8.58. The monoisotopic (exact) mass is 216 g/mol. The highest BCUT2D eigenvalue weighted by molar-refractivity contribution is 5.81. The summed E-state index contributed by atoms with van der Waals surface area (Å²) in [5.41, 5.74) is -0.727. The zero-order valence-electron chi connectivity index (χ0n) is 10.3. The van der Waals surface area contributed by atoms with E-state index in [9.17, 15) is 9.90 Å². The Kier molecular flexibility index (Phi) is 6.52. The van der Waals surface area contributed by atoms with E-state index in [0.29, 0.717) is 13.1 Å². The molecule has 3 N–H and O–H groups in total. The Hall–Kier alpha value is -0.610. The molecule has 0 aromatic heterocycles. The lowest BCUT2D eigenvalue weighted by Crippen LogP contribution is -2.48. The Labute approximate surface area is 92.4 Å². The van der Waals surface area contributed by atoms with E-state index in [4.69, 9.17) is 0 Å². The van der Waals surface area contributed by atoms with Gasteiger partial charge >= 0.3 is 0 Å². The number of carbonyl (C=O) groups excluding carboxylic acids is 1. The van der Waals surface area contributed by atoms with Crippen LogP contribution in [0, 0.1) is 0 Å². The zero-order chi connectivity index (χ0) is 11.9. The molecule has 0 bridgehead atoms. The molecule has 90 valence electrons. The molecular weight excluding hydrogens is 192 g/mol. The van der Waals surface area contributed by atoms with E-state index in [1.165, 1.54) is 0 Å². The Bertz CT molecular complexity index is 193. The first kappa shape index (κ1) is 14.4. The average Bonchev–Trinajstić information content (AvgIpc) is 2.14. The number of hydrogen-bond donors (Lipinski definition) is 3. The van der Waals surface area contributed by atoms with Crippen molar-refractivity contribution in [1.82, 2.24) is 10.6 Å². The number of likely N-dealkylation sites (N-methyl/N-ethyl adjacent to an activating group) is 1. The highest BCUT2D eigenvalue weighted by atomic mass is 16.3. The maximum atomic E-state index is 11.4. The van der Waals surface area contributed by atoms with Crippen molar-refractivity contribution >= 4 is 5.91 Å². The number of hydrogen-bond acceptors (Lipinski definition) is 3. The molecule has 4 nitrogen and oxygen atoms in total. The first-order chi connectivity index (χ1) is 6.93. The highest BCUT2D eigenvalue weighted by Gasteiger charge is 2.21. The van der Waals surface area contributed by atoms with Crippen molar-refractivity contribution in [2.45, 2.75) is 52.2 Å². The van der Waals surface area contributed by atoms with Crippen LogP contribution in [0.15, 0.2) is 0 Å². The molecule has 0 spiro atoms. The molecule has 15 heavy (non-hydrogen) atoms. The molecule has 0 radical (unpaired) electrons. The van der Waals surface area contributed by atoms with Crippen molar-refractivity contribution in [2.75, 3.05) is 13.1 Å². The second-order valence-corrected chi connectivity index (χ2v) is 4.24. The molecule has 0 fully saturated rings. The quantitative estimate of drug-likeness (QED) is 0.585. The first-order valence-corrected chi connectivity index (χ1v) is 5.66. The van der Waals surface area contributed by atoms with Crippen LogP contribution in [0.2, 0.25) is 0 Å². The summed E-state index contributed by atoms with van der Waals surface area (Å²) in [5, 5.41) is 15.6. The van der Waals surface area contributed by atoms with Crippen molar-refractivity contribution < 1.29 is 9.90 Å². The van der Waals surface area contributed by atoms with E-state index in [-0.39, 0.29) is 11.9 Å². The fourth-order valence-corrected chi connectivity index (χ4v) is 1.42. The predicted molar refractivity (Wildman–Crippen MR) is 61.7 cm³/mol. The average molecular weight is 216 g/mol. The third-order valence-electron chi connectivity index (χ3n) is 2.32. The van der Waals surface area contributed by atoms with Crippen LogP contribution in [0.1, 0.15) is 40.5 Å². The molecule has 0 heterocycles. The van der Waals surface area contributed by atoms with E-state index in [0.717, 1.165) is 12.8 Å². The van der Waals surface area contributed by atoms with Gasteiger partial charge in [-0.05, 0) is 27.2 Å². The minimum atomic E-state index is -0.727. The second-order valence-electron chi connectivity index (χ2n) is 4.24. The number of rotatable bonds is 7. The normalized spacial score (nSPS) is 16.9. The van der Waals surface area contributed by atoms with Crippen LogP contribution in [-0.2, 0) is 4.79 Å². The summed E-state index contributed by atoms with van der Waals surface area (Å²) in [7, 11) is 0. The molecule has 0 rings (SSSR count). The minimum Gasteiger partial charge on any atom is -0.389 e. The van der Waals surface area contributed by atoms with Gasteiger partial charge in [0, 0.05) is 13.1 Å². The fourth-order valence-electron chi connectivity index (χ4n) is 1.42. The minimum absolute atomic E-state index is 0.0233. The van der Waals surface area contributed by atoms with Gasteiger partial charge in [0.1, 0.15) is 0 Å². The van der Waals surface area contributed by atoms with Crippen LogP contribution in [0.25, 0.3) is 0 Å². The molecule has 0 saturated carbocycles. The lowest BCUT2D eigenvalue weighted by atomic mass is 10.0. The van der Waals surface area contributed by atoms with Gasteiger partial charge in [-0.3, -0.25) is 4.79 Å². The van der Waals surface area contributed by atoms with Crippen LogP contribution in [0.5, 0.6) is 0 Å². The molecule has 0 aromatic carbocycles. The topological polar surface area (TPSA) is 61.4 Å². The van der Waals surface area contributed by atoms with Gasteiger partial charge in [0.25, 0.3) is 0 Å². The van der Waals surface area contributed by atoms with E-state index in [1.54, 1.807) is 13.8 Å². The zero-order valence-corrected chi connectivity index (χ0v) is 10.3. The highest BCUT2D eigenvalue weighted by Crippen LogP contribution is 2.10. The van der Waals surface area contributed by atoms with E-state index < -0.39 is 5.60 Å². The van der Waals surface area contributed by atoms with Crippen LogP contribution >= 0.6 is 0 Å².